The Morgan fingerprint density at radius 2 is 1.42 bits per heavy atom. The number of anilines is 2. The summed E-state index contributed by atoms with van der Waals surface area (Å²) in [5.41, 5.74) is 1.58. The van der Waals surface area contributed by atoms with Gasteiger partial charge in [0.25, 0.3) is 5.91 Å². The van der Waals surface area contributed by atoms with Crippen molar-refractivity contribution in [3.05, 3.63) is 42.0 Å². The van der Waals surface area contributed by atoms with E-state index in [1.807, 2.05) is 0 Å². The highest BCUT2D eigenvalue weighted by Gasteiger charge is 2.29. The lowest BCUT2D eigenvalue weighted by Gasteiger charge is -2.15. The SMILES string of the molecule is COc1cc(NC(=O)NCCNC(=O)c2ccc(NC(=O)C3CC3)cc2)cc(OC)c1OC. The number of methoxy groups -OCH3 is 3. The third-order valence-corrected chi connectivity index (χ3v) is 4.98. The fourth-order valence-electron chi connectivity index (χ4n) is 3.08. The summed E-state index contributed by atoms with van der Waals surface area (Å²) in [6.07, 6.45) is 1.86. The minimum absolute atomic E-state index is 0.0167. The van der Waals surface area contributed by atoms with Gasteiger partial charge in [-0.25, -0.2) is 4.79 Å². The molecule has 1 fully saturated rings. The van der Waals surface area contributed by atoms with Crippen molar-refractivity contribution in [1.29, 1.82) is 0 Å². The Morgan fingerprint density at radius 3 is 1.97 bits per heavy atom. The molecule has 1 saturated carbocycles. The number of carbonyl (C=O) groups is 3. The van der Waals surface area contributed by atoms with Crippen LogP contribution < -0.4 is 35.5 Å². The molecule has 2 aromatic rings. The van der Waals surface area contributed by atoms with Crippen LogP contribution in [0.15, 0.2) is 36.4 Å². The molecule has 10 nitrogen and oxygen atoms in total. The summed E-state index contributed by atoms with van der Waals surface area (Å²) in [6, 6.07) is 9.44. The highest BCUT2D eigenvalue weighted by Crippen LogP contribution is 2.39. The van der Waals surface area contributed by atoms with Crippen molar-refractivity contribution < 1.29 is 28.6 Å². The molecule has 0 radical (unpaired) electrons. The molecule has 33 heavy (non-hydrogen) atoms. The van der Waals surface area contributed by atoms with E-state index in [0.717, 1.165) is 12.8 Å². The van der Waals surface area contributed by atoms with Gasteiger partial charge in [0.05, 0.1) is 27.0 Å². The van der Waals surface area contributed by atoms with Crippen LogP contribution in [0.25, 0.3) is 0 Å². The Bertz CT molecular complexity index is 980. The molecule has 0 unspecified atom stereocenters. The van der Waals surface area contributed by atoms with E-state index in [4.69, 9.17) is 14.2 Å². The molecule has 4 amide bonds. The second kappa shape index (κ2) is 11.1. The van der Waals surface area contributed by atoms with Crippen LogP contribution in [0.5, 0.6) is 17.2 Å². The Kier molecular flexibility index (Phi) is 7.96. The van der Waals surface area contributed by atoms with Crippen molar-refractivity contribution in [2.24, 2.45) is 5.92 Å². The van der Waals surface area contributed by atoms with Gasteiger partial charge in [0.2, 0.25) is 11.7 Å². The molecular weight excluding hydrogens is 428 g/mol. The molecule has 1 aliphatic carbocycles. The van der Waals surface area contributed by atoms with Gasteiger partial charge in [-0.3, -0.25) is 9.59 Å². The second-order valence-electron chi connectivity index (χ2n) is 7.39. The van der Waals surface area contributed by atoms with Crippen LogP contribution in [-0.2, 0) is 4.79 Å². The van der Waals surface area contributed by atoms with Gasteiger partial charge in [0.1, 0.15) is 0 Å². The number of hydrogen-bond donors (Lipinski definition) is 4. The minimum atomic E-state index is -0.450. The van der Waals surface area contributed by atoms with Gasteiger partial charge in [-0.1, -0.05) is 0 Å². The first kappa shape index (κ1) is 23.7. The van der Waals surface area contributed by atoms with Crippen molar-refractivity contribution in [1.82, 2.24) is 10.6 Å². The molecule has 2 aromatic carbocycles. The zero-order valence-electron chi connectivity index (χ0n) is 18.8. The van der Waals surface area contributed by atoms with Gasteiger partial charge in [-0.2, -0.15) is 0 Å². The summed E-state index contributed by atoms with van der Waals surface area (Å²) in [5.74, 6) is 1.11. The molecule has 0 spiro atoms. The number of benzene rings is 2. The van der Waals surface area contributed by atoms with Crippen LogP contribution in [-0.4, -0.2) is 52.3 Å². The first-order valence-corrected chi connectivity index (χ1v) is 10.5. The Labute approximate surface area is 192 Å². The third-order valence-electron chi connectivity index (χ3n) is 4.98. The first-order chi connectivity index (χ1) is 15.9. The highest BCUT2D eigenvalue weighted by atomic mass is 16.5. The fourth-order valence-corrected chi connectivity index (χ4v) is 3.08. The van der Waals surface area contributed by atoms with Crippen LogP contribution in [0.2, 0.25) is 0 Å². The molecule has 0 atom stereocenters. The maximum atomic E-state index is 12.3. The lowest BCUT2D eigenvalue weighted by atomic mass is 10.2. The smallest absolute Gasteiger partial charge is 0.319 e. The van der Waals surface area contributed by atoms with E-state index in [1.54, 1.807) is 36.4 Å². The molecule has 0 saturated heterocycles. The number of hydrogen-bond acceptors (Lipinski definition) is 6. The van der Waals surface area contributed by atoms with Crippen molar-refractivity contribution in [3.8, 4) is 17.2 Å². The Morgan fingerprint density at radius 1 is 0.818 bits per heavy atom. The van der Waals surface area contributed by atoms with Crippen LogP contribution in [0, 0.1) is 5.92 Å². The maximum Gasteiger partial charge on any atom is 0.319 e. The molecule has 0 bridgehead atoms. The van der Waals surface area contributed by atoms with Crippen molar-refractivity contribution in [3.63, 3.8) is 0 Å². The molecule has 0 heterocycles. The summed E-state index contributed by atoms with van der Waals surface area (Å²) in [5, 5.41) is 10.9. The topological polar surface area (TPSA) is 127 Å². The monoisotopic (exact) mass is 456 g/mol. The van der Waals surface area contributed by atoms with Crippen molar-refractivity contribution in [2.45, 2.75) is 12.8 Å². The Balaban J connectivity index is 1.42. The molecule has 10 heteroatoms. The van der Waals surface area contributed by atoms with Gasteiger partial charge in [0.15, 0.2) is 11.5 Å². The average molecular weight is 456 g/mol. The van der Waals surface area contributed by atoms with Crippen molar-refractivity contribution >= 4 is 29.2 Å². The van der Waals surface area contributed by atoms with Crippen molar-refractivity contribution in [2.75, 3.05) is 45.1 Å². The fraction of sp³-hybridized carbons (Fsp3) is 0.348. The molecule has 176 valence electrons. The summed E-state index contributed by atoms with van der Waals surface area (Å²) < 4.78 is 15.8. The van der Waals surface area contributed by atoms with E-state index in [9.17, 15) is 14.4 Å². The van der Waals surface area contributed by atoms with E-state index in [-0.39, 0.29) is 30.8 Å². The molecule has 4 N–H and O–H groups in total. The van der Waals surface area contributed by atoms with Gasteiger partial charge in [0, 0.05) is 42.4 Å². The van der Waals surface area contributed by atoms with Gasteiger partial charge >= 0.3 is 6.03 Å². The van der Waals surface area contributed by atoms with Crippen LogP contribution in [0.1, 0.15) is 23.2 Å². The third kappa shape index (κ3) is 6.52. The molecule has 1 aliphatic rings. The predicted molar refractivity (Wildman–Crippen MR) is 123 cm³/mol. The van der Waals surface area contributed by atoms with Crippen LogP contribution >= 0.6 is 0 Å². The highest BCUT2D eigenvalue weighted by molar-refractivity contribution is 5.97. The molecular formula is C23H28N4O6. The first-order valence-electron chi connectivity index (χ1n) is 10.5. The maximum absolute atomic E-state index is 12.3. The van der Waals surface area contributed by atoms with E-state index in [0.29, 0.717) is 34.2 Å². The van der Waals surface area contributed by atoms with E-state index in [2.05, 4.69) is 21.3 Å². The van der Waals surface area contributed by atoms with Crippen LogP contribution in [0.3, 0.4) is 0 Å². The lowest BCUT2D eigenvalue weighted by molar-refractivity contribution is -0.117. The number of ether oxygens (including phenoxy) is 3. The van der Waals surface area contributed by atoms with Gasteiger partial charge in [-0.05, 0) is 37.1 Å². The summed E-state index contributed by atoms with van der Waals surface area (Å²) in [7, 11) is 4.47. The summed E-state index contributed by atoms with van der Waals surface area (Å²) >= 11 is 0. The van der Waals surface area contributed by atoms with Gasteiger partial charge < -0.3 is 35.5 Å². The Hall–Kier alpha value is -3.95. The number of urea groups is 1. The predicted octanol–water partition coefficient (Wildman–Crippen LogP) is 2.61. The zero-order chi connectivity index (χ0) is 23.8. The standard InChI is InChI=1S/C23H28N4O6/c1-31-18-12-17(13-19(32-2)20(18)33-3)27-23(30)25-11-10-24-21(28)14-6-8-16(9-7-14)26-22(29)15-4-5-15/h6-9,12-13,15H,4-5,10-11H2,1-3H3,(H,24,28)(H,26,29)(H2,25,27,30). The molecule has 3 rings (SSSR count). The molecule has 0 aromatic heterocycles. The number of nitrogens with one attached hydrogen (secondary N) is 4. The lowest BCUT2D eigenvalue weighted by Crippen LogP contribution is -2.36. The van der Waals surface area contributed by atoms with Gasteiger partial charge in [-0.15, -0.1) is 0 Å². The van der Waals surface area contributed by atoms with E-state index < -0.39 is 6.03 Å². The number of rotatable bonds is 10. The van der Waals surface area contributed by atoms with E-state index in [1.165, 1.54) is 21.3 Å². The quantitative estimate of drug-likeness (QED) is 0.407. The summed E-state index contributed by atoms with van der Waals surface area (Å²) in [4.78, 5) is 36.2. The second-order valence-corrected chi connectivity index (χ2v) is 7.39. The zero-order valence-corrected chi connectivity index (χ0v) is 18.8. The number of carbonyl (C=O) groups excluding carboxylic acids is 3. The van der Waals surface area contributed by atoms with E-state index >= 15 is 0 Å². The average Bonchev–Trinajstić information content (AvgIpc) is 3.67. The largest absolute Gasteiger partial charge is 0.493 e. The molecule has 0 aliphatic heterocycles. The van der Waals surface area contributed by atoms with Crippen LogP contribution in [0.4, 0.5) is 16.2 Å². The minimum Gasteiger partial charge on any atom is -0.493 e. The summed E-state index contributed by atoms with van der Waals surface area (Å²) in [6.45, 7) is 0.458. The normalized spacial score (nSPS) is 12.3. The number of amides is 4.